The van der Waals surface area contributed by atoms with E-state index in [2.05, 4.69) is 39.3 Å². The summed E-state index contributed by atoms with van der Waals surface area (Å²) in [6, 6.07) is 1.48. The van der Waals surface area contributed by atoms with E-state index in [1.807, 2.05) is 26.8 Å². The third kappa shape index (κ3) is 6.76. The van der Waals surface area contributed by atoms with E-state index < -0.39 is 40.1 Å². The summed E-state index contributed by atoms with van der Waals surface area (Å²) in [5.74, 6) is -1.52. The Balaban J connectivity index is 2.47. The van der Waals surface area contributed by atoms with Gasteiger partial charge >= 0.3 is 6.18 Å². The van der Waals surface area contributed by atoms with Gasteiger partial charge in [0, 0.05) is 28.9 Å². The molecule has 0 saturated carbocycles. The number of alkyl halides is 3. The Morgan fingerprint density at radius 1 is 1.25 bits per heavy atom. The fraction of sp³-hybridized carbons (Fsp3) is 0.458. The Morgan fingerprint density at radius 2 is 1.86 bits per heavy atom. The van der Waals surface area contributed by atoms with E-state index in [4.69, 9.17) is 0 Å². The molecule has 0 spiro atoms. The van der Waals surface area contributed by atoms with Crippen molar-refractivity contribution in [3.05, 3.63) is 46.6 Å². The van der Waals surface area contributed by atoms with E-state index >= 15 is 0 Å². The molecular weight excluding hydrogens is 495 g/mol. The predicted octanol–water partition coefficient (Wildman–Crippen LogP) is 6.11. The number of hydrogen-bond acceptors (Lipinski definition) is 7. The van der Waals surface area contributed by atoms with Crippen molar-refractivity contribution in [1.82, 2.24) is 13.6 Å². The van der Waals surface area contributed by atoms with Crippen LogP contribution in [-0.4, -0.2) is 49.4 Å². The Bertz CT molecular complexity index is 1160. The fourth-order valence-electron chi connectivity index (χ4n) is 3.59. The molecule has 1 amide bonds. The van der Waals surface area contributed by atoms with Gasteiger partial charge in [-0.2, -0.15) is 13.2 Å². The summed E-state index contributed by atoms with van der Waals surface area (Å²) in [4.78, 5) is 13.4. The number of nitrogens with one attached hydrogen (secondary N) is 2. The van der Waals surface area contributed by atoms with Crippen molar-refractivity contribution in [2.75, 3.05) is 24.7 Å². The van der Waals surface area contributed by atoms with Crippen LogP contribution in [0.1, 0.15) is 57.0 Å². The standard InChI is InChI=1S/C24H32F3N5O3S/c1-8-15(13(3)4)12-14(5)17(9-2)28-21-22(31-36(35)30-21)29-18-11-10-16(24(25,26)27)19(20(18)33)23(34)32(6)7/h8,10-13,17,33H,9H2,1-7H3,(H,28,30)(H,29,31)/b14-12+,15-8+/t17-,36?/m1/s1. The van der Waals surface area contributed by atoms with E-state index in [1.54, 1.807) is 0 Å². The minimum absolute atomic E-state index is 0.0342. The molecule has 0 fully saturated rings. The van der Waals surface area contributed by atoms with Crippen LogP contribution in [-0.2, 0) is 6.18 Å². The number of aromatic nitrogens is 2. The Hall–Kier alpha value is -3.12. The smallest absolute Gasteiger partial charge is 0.417 e. The van der Waals surface area contributed by atoms with Gasteiger partial charge in [0.25, 0.3) is 5.91 Å². The number of aromatic hydroxyl groups is 1. The second kappa shape index (κ2) is 11.7. The first-order chi connectivity index (χ1) is 16.7. The van der Waals surface area contributed by atoms with Crippen LogP contribution in [0.2, 0.25) is 0 Å². The normalized spacial score (nSPS) is 14.2. The van der Waals surface area contributed by atoms with Crippen molar-refractivity contribution in [3.63, 3.8) is 0 Å². The lowest BCUT2D eigenvalue weighted by Gasteiger charge is -2.20. The highest BCUT2D eigenvalue weighted by atomic mass is 32.2. The average molecular weight is 528 g/mol. The van der Waals surface area contributed by atoms with Crippen LogP contribution in [0.4, 0.5) is 30.5 Å². The molecule has 0 aliphatic heterocycles. The number of allylic oxidation sites excluding steroid dienone is 3. The lowest BCUT2D eigenvalue weighted by molar-refractivity contribution is -0.138. The number of phenolic OH excluding ortho intramolecular Hbond substituents is 1. The number of benzene rings is 1. The summed E-state index contributed by atoms with van der Waals surface area (Å²) in [5.41, 5.74) is -0.247. The molecule has 0 aliphatic carbocycles. The molecule has 36 heavy (non-hydrogen) atoms. The second-order valence-corrected chi connectivity index (χ2v) is 9.58. The van der Waals surface area contributed by atoms with Gasteiger partial charge in [0.1, 0.15) is 0 Å². The van der Waals surface area contributed by atoms with Gasteiger partial charge in [-0.05, 0) is 43.9 Å². The number of anilines is 3. The third-order valence-corrected chi connectivity index (χ3v) is 6.26. The molecular formula is C24H32F3N5O3S. The summed E-state index contributed by atoms with van der Waals surface area (Å²) in [6.45, 7) is 10.0. The van der Waals surface area contributed by atoms with Gasteiger partial charge < -0.3 is 25.2 Å². The lowest BCUT2D eigenvalue weighted by atomic mass is 9.97. The average Bonchev–Trinajstić information content (AvgIpc) is 3.13. The highest BCUT2D eigenvalue weighted by Gasteiger charge is 2.38. The van der Waals surface area contributed by atoms with E-state index in [-0.39, 0.29) is 23.4 Å². The van der Waals surface area contributed by atoms with Crippen LogP contribution in [0.15, 0.2) is 35.4 Å². The summed E-state index contributed by atoms with van der Waals surface area (Å²) < 4.78 is 60.5. The number of rotatable bonds is 9. The van der Waals surface area contributed by atoms with Crippen molar-refractivity contribution < 1.29 is 27.6 Å². The number of carbonyl (C=O) groups excluding carboxylic acids is 1. The van der Waals surface area contributed by atoms with Gasteiger partial charge in [0.05, 0.1) is 16.8 Å². The molecule has 0 radical (unpaired) electrons. The van der Waals surface area contributed by atoms with Crippen LogP contribution in [0, 0.1) is 5.92 Å². The first-order valence-electron chi connectivity index (χ1n) is 11.3. The number of carbonyl (C=O) groups is 1. The Kier molecular flexibility index (Phi) is 9.50. The van der Waals surface area contributed by atoms with Crippen LogP contribution in [0.3, 0.4) is 0 Å². The van der Waals surface area contributed by atoms with Crippen LogP contribution in [0.5, 0.6) is 5.75 Å². The molecule has 0 saturated heterocycles. The zero-order chi connectivity index (χ0) is 27.4. The SMILES string of the molecule is C/C=C(\C=C(/C)[C@@H](CC)Nc1n[s+]([O-])nc1Nc1ccc(C(F)(F)F)c(C(=O)N(C)C)c1O)C(C)C. The molecule has 1 aromatic heterocycles. The molecule has 1 heterocycles. The van der Waals surface area contributed by atoms with Crippen LogP contribution < -0.4 is 10.6 Å². The van der Waals surface area contributed by atoms with Crippen LogP contribution >= 0.6 is 11.1 Å². The molecule has 8 nitrogen and oxygen atoms in total. The number of halogens is 3. The maximum absolute atomic E-state index is 13.5. The van der Waals surface area contributed by atoms with Crippen molar-refractivity contribution >= 4 is 34.4 Å². The molecule has 2 atom stereocenters. The van der Waals surface area contributed by atoms with Crippen molar-refractivity contribution in [2.24, 2.45) is 5.92 Å². The quantitative estimate of drug-likeness (QED) is 0.205. The van der Waals surface area contributed by atoms with Gasteiger partial charge in [-0.25, -0.2) is 0 Å². The highest BCUT2D eigenvalue weighted by Crippen LogP contribution is 2.41. The lowest BCUT2D eigenvalue weighted by Crippen LogP contribution is -2.25. The van der Waals surface area contributed by atoms with Crippen LogP contribution in [0.25, 0.3) is 0 Å². The summed E-state index contributed by atoms with van der Waals surface area (Å²) in [7, 11) is 2.56. The third-order valence-electron chi connectivity index (χ3n) is 5.58. The minimum atomic E-state index is -4.86. The van der Waals surface area contributed by atoms with Gasteiger partial charge in [-0.3, -0.25) is 4.79 Å². The van der Waals surface area contributed by atoms with Gasteiger partial charge in [-0.15, -0.1) is 0 Å². The number of nitrogens with zero attached hydrogens (tertiary/aromatic N) is 3. The topological polar surface area (TPSA) is 113 Å². The Labute approximate surface area is 212 Å². The summed E-state index contributed by atoms with van der Waals surface area (Å²) in [5, 5.41) is 16.5. The molecule has 3 N–H and O–H groups in total. The van der Waals surface area contributed by atoms with Crippen molar-refractivity contribution in [1.29, 1.82) is 0 Å². The molecule has 1 unspecified atom stereocenters. The zero-order valence-corrected chi connectivity index (χ0v) is 22.1. The molecule has 198 valence electrons. The molecule has 2 aromatic rings. The van der Waals surface area contributed by atoms with E-state index in [9.17, 15) is 27.6 Å². The van der Waals surface area contributed by atoms with Gasteiger partial charge in [-0.1, -0.05) is 38.5 Å². The molecule has 2 rings (SSSR count). The summed E-state index contributed by atoms with van der Waals surface area (Å²) >= 11 is -1.97. The largest absolute Gasteiger partial charge is 0.546 e. The Morgan fingerprint density at radius 3 is 2.36 bits per heavy atom. The monoisotopic (exact) mass is 527 g/mol. The molecule has 1 aromatic carbocycles. The van der Waals surface area contributed by atoms with E-state index in [0.29, 0.717) is 18.4 Å². The van der Waals surface area contributed by atoms with Gasteiger partial charge in [0.2, 0.25) is 11.6 Å². The number of phenols is 1. The zero-order valence-electron chi connectivity index (χ0n) is 21.3. The fourth-order valence-corrected chi connectivity index (χ4v) is 4.21. The maximum atomic E-state index is 13.5. The second-order valence-electron chi connectivity index (χ2n) is 8.75. The summed E-state index contributed by atoms with van der Waals surface area (Å²) in [6.07, 6.45) is -0.123. The minimum Gasteiger partial charge on any atom is -0.546 e. The van der Waals surface area contributed by atoms with Gasteiger partial charge in [0.15, 0.2) is 16.9 Å². The van der Waals surface area contributed by atoms with E-state index in [0.717, 1.165) is 22.1 Å². The van der Waals surface area contributed by atoms with Crippen molar-refractivity contribution in [3.8, 4) is 5.75 Å². The predicted molar refractivity (Wildman–Crippen MR) is 135 cm³/mol. The molecule has 12 heteroatoms. The molecule has 0 bridgehead atoms. The first kappa shape index (κ1) is 29.1. The first-order valence-corrected chi connectivity index (χ1v) is 12.4. The maximum Gasteiger partial charge on any atom is 0.417 e. The number of hydrogen-bond donors (Lipinski definition) is 3. The molecule has 0 aliphatic rings. The van der Waals surface area contributed by atoms with E-state index in [1.165, 1.54) is 14.1 Å². The highest BCUT2D eigenvalue weighted by molar-refractivity contribution is 7.14. The van der Waals surface area contributed by atoms with Crippen molar-refractivity contribution in [2.45, 2.75) is 53.3 Å². The number of amides is 1.